The maximum absolute atomic E-state index is 13.8. The minimum absolute atomic E-state index is 0.101. The smallest absolute Gasteiger partial charge is 0.247 e. The second-order valence-corrected chi connectivity index (χ2v) is 11.0. The SMILES string of the molecule is COc1ccc2cc1C=CNC(=O)C(CC(C)C)NC(=O)C1C(CCN1C(=O)C(CC(C)C)N(C)C)O2. The molecule has 0 saturated carbocycles. The van der Waals surface area contributed by atoms with Crippen LogP contribution in [0.1, 0.15) is 52.5 Å². The van der Waals surface area contributed by atoms with Crippen LogP contribution in [0.4, 0.5) is 0 Å². The van der Waals surface area contributed by atoms with Gasteiger partial charge in [-0.25, -0.2) is 0 Å². The zero-order valence-electron chi connectivity index (χ0n) is 23.1. The van der Waals surface area contributed by atoms with Gasteiger partial charge in [-0.15, -0.1) is 0 Å². The number of likely N-dealkylation sites (tertiary alicyclic amines) is 1. The lowest BCUT2D eigenvalue weighted by molar-refractivity contribution is -0.144. The predicted octanol–water partition coefficient (Wildman–Crippen LogP) is 2.65. The summed E-state index contributed by atoms with van der Waals surface area (Å²) in [6.07, 6.45) is 4.37. The molecule has 1 aromatic carbocycles. The Bertz CT molecular complexity index is 1010. The van der Waals surface area contributed by atoms with Crippen LogP contribution in [0.5, 0.6) is 11.5 Å². The number of hydrogen-bond acceptors (Lipinski definition) is 6. The van der Waals surface area contributed by atoms with E-state index in [4.69, 9.17) is 9.47 Å². The lowest BCUT2D eigenvalue weighted by Crippen LogP contribution is -2.58. The molecule has 4 unspecified atom stereocenters. The zero-order chi connectivity index (χ0) is 27.3. The molecule has 204 valence electrons. The first-order valence-corrected chi connectivity index (χ1v) is 13.1. The third-order valence-electron chi connectivity index (χ3n) is 6.81. The summed E-state index contributed by atoms with van der Waals surface area (Å²) in [5, 5.41) is 5.72. The highest BCUT2D eigenvalue weighted by Gasteiger charge is 2.46. The molecule has 37 heavy (non-hydrogen) atoms. The predicted molar refractivity (Wildman–Crippen MR) is 143 cm³/mol. The third-order valence-corrected chi connectivity index (χ3v) is 6.81. The van der Waals surface area contributed by atoms with E-state index in [-0.39, 0.29) is 29.7 Å². The summed E-state index contributed by atoms with van der Waals surface area (Å²) < 4.78 is 11.8. The monoisotopic (exact) mass is 514 g/mol. The molecule has 4 atom stereocenters. The maximum atomic E-state index is 13.8. The van der Waals surface area contributed by atoms with Gasteiger partial charge in [-0.2, -0.15) is 0 Å². The third kappa shape index (κ3) is 7.03. The van der Waals surface area contributed by atoms with E-state index >= 15 is 0 Å². The second kappa shape index (κ2) is 12.4. The molecule has 9 heteroatoms. The van der Waals surface area contributed by atoms with Gasteiger partial charge in [-0.3, -0.25) is 19.3 Å². The number of fused-ring (bicyclic) bond motifs is 3. The highest BCUT2D eigenvalue weighted by Crippen LogP contribution is 2.30. The van der Waals surface area contributed by atoms with Gasteiger partial charge < -0.3 is 25.0 Å². The molecule has 2 N–H and O–H groups in total. The van der Waals surface area contributed by atoms with Crippen LogP contribution >= 0.6 is 0 Å². The molecule has 9 nitrogen and oxygen atoms in total. The van der Waals surface area contributed by atoms with Crippen LogP contribution in [0.3, 0.4) is 0 Å². The van der Waals surface area contributed by atoms with Crippen molar-refractivity contribution in [1.82, 2.24) is 20.4 Å². The minimum atomic E-state index is -0.858. The number of likely N-dealkylation sites (N-methyl/N-ethyl adjacent to an activating group) is 1. The Morgan fingerprint density at radius 2 is 1.89 bits per heavy atom. The Morgan fingerprint density at radius 1 is 1.16 bits per heavy atom. The molecular formula is C28H42N4O5. The average molecular weight is 515 g/mol. The molecule has 0 aromatic heterocycles. The Kier molecular flexibility index (Phi) is 9.59. The number of nitrogens with one attached hydrogen (secondary N) is 2. The van der Waals surface area contributed by atoms with Gasteiger partial charge in [0.2, 0.25) is 17.7 Å². The summed E-state index contributed by atoms with van der Waals surface area (Å²) in [6.45, 7) is 8.55. The topological polar surface area (TPSA) is 100 Å². The maximum Gasteiger partial charge on any atom is 0.247 e. The van der Waals surface area contributed by atoms with Gasteiger partial charge >= 0.3 is 0 Å². The molecular weight excluding hydrogens is 472 g/mol. The molecule has 3 rings (SSSR count). The van der Waals surface area contributed by atoms with Crippen molar-refractivity contribution in [3.63, 3.8) is 0 Å². The molecule has 1 aromatic rings. The highest BCUT2D eigenvalue weighted by atomic mass is 16.5. The first-order chi connectivity index (χ1) is 17.5. The summed E-state index contributed by atoms with van der Waals surface area (Å²) in [6, 6.07) is 3.42. The number of carbonyl (C=O) groups excluding carboxylic acids is 3. The van der Waals surface area contributed by atoms with Crippen molar-refractivity contribution < 1.29 is 23.9 Å². The fourth-order valence-electron chi connectivity index (χ4n) is 4.98. The Morgan fingerprint density at radius 3 is 2.51 bits per heavy atom. The fourth-order valence-corrected chi connectivity index (χ4v) is 4.98. The molecule has 0 radical (unpaired) electrons. The number of benzene rings is 1. The van der Waals surface area contributed by atoms with Gasteiger partial charge in [0.1, 0.15) is 29.7 Å². The molecule has 1 fully saturated rings. The van der Waals surface area contributed by atoms with Gasteiger partial charge in [-0.1, -0.05) is 27.7 Å². The highest BCUT2D eigenvalue weighted by molar-refractivity contribution is 5.94. The lowest BCUT2D eigenvalue weighted by atomic mass is 10.0. The van der Waals surface area contributed by atoms with Crippen LogP contribution in [0.2, 0.25) is 0 Å². The van der Waals surface area contributed by atoms with Crippen molar-refractivity contribution >= 4 is 23.8 Å². The zero-order valence-corrected chi connectivity index (χ0v) is 23.1. The van der Waals surface area contributed by atoms with E-state index in [9.17, 15) is 14.4 Å². The number of amides is 3. The van der Waals surface area contributed by atoms with E-state index in [0.29, 0.717) is 43.2 Å². The number of methoxy groups -OCH3 is 1. The fraction of sp³-hybridized carbons (Fsp3) is 0.607. The summed E-state index contributed by atoms with van der Waals surface area (Å²) in [7, 11) is 5.35. The molecule has 2 aliphatic heterocycles. The Hall–Kier alpha value is -3.07. The minimum Gasteiger partial charge on any atom is -0.496 e. The number of nitrogens with zero attached hydrogens (tertiary/aromatic N) is 2. The van der Waals surface area contributed by atoms with Gasteiger partial charge in [0.05, 0.1) is 13.2 Å². The Balaban J connectivity index is 2.02. The molecule has 2 heterocycles. The molecule has 1 saturated heterocycles. The molecule has 0 aliphatic carbocycles. The normalized spacial score (nSPS) is 23.0. The van der Waals surface area contributed by atoms with Crippen molar-refractivity contribution in [1.29, 1.82) is 0 Å². The van der Waals surface area contributed by atoms with Crippen molar-refractivity contribution in [2.24, 2.45) is 11.8 Å². The van der Waals surface area contributed by atoms with Crippen LogP contribution in [0.25, 0.3) is 6.08 Å². The van der Waals surface area contributed by atoms with Crippen molar-refractivity contribution in [3.05, 3.63) is 30.0 Å². The van der Waals surface area contributed by atoms with Gasteiger partial charge in [0, 0.05) is 24.7 Å². The molecule has 3 amide bonds. The average Bonchev–Trinajstić information content (AvgIpc) is 3.24. The van der Waals surface area contributed by atoms with Crippen molar-refractivity contribution in [3.8, 4) is 11.5 Å². The van der Waals surface area contributed by atoms with E-state index < -0.39 is 18.2 Å². The number of ether oxygens (including phenoxy) is 2. The van der Waals surface area contributed by atoms with E-state index in [1.54, 1.807) is 36.4 Å². The molecule has 0 spiro atoms. The number of hydrogen-bond donors (Lipinski definition) is 2. The van der Waals surface area contributed by atoms with Gasteiger partial charge in [0.15, 0.2) is 0 Å². The first-order valence-electron chi connectivity index (χ1n) is 13.1. The first kappa shape index (κ1) is 28.5. The largest absolute Gasteiger partial charge is 0.496 e. The summed E-state index contributed by atoms with van der Waals surface area (Å²) in [5.41, 5.74) is 0.728. The van der Waals surface area contributed by atoms with E-state index in [1.165, 1.54) is 0 Å². The van der Waals surface area contributed by atoms with E-state index in [2.05, 4.69) is 24.5 Å². The van der Waals surface area contributed by atoms with Crippen LogP contribution in [-0.4, -0.2) is 79.5 Å². The van der Waals surface area contributed by atoms with Crippen LogP contribution in [0.15, 0.2) is 24.4 Å². The Labute approximate surface area is 220 Å². The summed E-state index contributed by atoms with van der Waals surface area (Å²) >= 11 is 0. The van der Waals surface area contributed by atoms with Crippen LogP contribution < -0.4 is 20.1 Å². The van der Waals surface area contributed by atoms with E-state index in [0.717, 1.165) is 5.56 Å². The molecule has 2 bridgehead atoms. The van der Waals surface area contributed by atoms with Crippen molar-refractivity contribution in [2.45, 2.75) is 71.2 Å². The summed E-state index contributed by atoms with van der Waals surface area (Å²) in [5.74, 6) is 0.877. The quantitative estimate of drug-likeness (QED) is 0.580. The standard InChI is InChI=1S/C28H42N4O5/c1-17(2)14-21-26(33)29-12-10-19-16-20(8-9-23(19)36-7)37-24-11-13-32(25(24)27(34)30-21)28(35)22(31(5)6)15-18(3)4/h8-10,12,16-18,21-22,24-25H,11,13-15H2,1-7H3,(H,29,33)(H,30,34). The van der Waals surface area contributed by atoms with Crippen LogP contribution in [-0.2, 0) is 14.4 Å². The van der Waals surface area contributed by atoms with E-state index in [1.807, 2.05) is 38.9 Å². The van der Waals surface area contributed by atoms with Gasteiger partial charge in [0.25, 0.3) is 0 Å². The van der Waals surface area contributed by atoms with Crippen molar-refractivity contribution in [2.75, 3.05) is 27.7 Å². The molecule has 2 aliphatic rings. The number of rotatable bonds is 7. The second-order valence-electron chi connectivity index (χ2n) is 11.0. The van der Waals surface area contributed by atoms with Gasteiger partial charge in [-0.05, 0) is 63.0 Å². The summed E-state index contributed by atoms with van der Waals surface area (Å²) in [4.78, 5) is 44.2. The van der Waals surface area contributed by atoms with Crippen LogP contribution in [0, 0.1) is 11.8 Å². The lowest BCUT2D eigenvalue weighted by Gasteiger charge is -2.34. The number of carbonyl (C=O) groups is 3.